The van der Waals surface area contributed by atoms with E-state index in [1.54, 1.807) is 6.92 Å². The van der Waals surface area contributed by atoms with Crippen LogP contribution in [0, 0.1) is 0 Å². The Hall–Kier alpha value is -9.50. The highest BCUT2D eigenvalue weighted by Crippen LogP contribution is 2.39. The maximum Gasteiger partial charge on any atom is 0.333 e. The van der Waals surface area contributed by atoms with Crippen LogP contribution in [0.3, 0.4) is 0 Å². The lowest BCUT2D eigenvalue weighted by Gasteiger charge is -2.11. The van der Waals surface area contributed by atoms with Gasteiger partial charge in [0.05, 0.1) is 19.6 Å². The van der Waals surface area contributed by atoms with Gasteiger partial charge in [-0.05, 0) is 128 Å². The quantitative estimate of drug-likeness (QED) is 0.0179. The SMILES string of the molecule is C=C(C)C(=O)OCCNC(=O)Nc1ccc2c(c1)Cc1ccccc1-2.C=CC(=O)OCCNC(=O)NCc1cccc2cc3ccccc3cc12.C=CC(=O)OCCNC(=O)Nc1ccc2c(c1)Cc1ccccc1-2. The molecule has 6 N–H and O–H groups in total. The first-order valence-electron chi connectivity index (χ1n) is 24.2. The van der Waals surface area contributed by atoms with Crippen LogP contribution in [0.4, 0.5) is 25.8 Å². The molecule has 0 saturated heterocycles. The van der Waals surface area contributed by atoms with Crippen molar-refractivity contribution < 1.29 is 43.0 Å². The Kier molecular flexibility index (Phi) is 18.7. The van der Waals surface area contributed by atoms with Crippen LogP contribution in [-0.2, 0) is 48.0 Å². The number of nitrogens with one attached hydrogen (secondary N) is 6. The number of hydrogen-bond donors (Lipinski definition) is 6. The summed E-state index contributed by atoms with van der Waals surface area (Å²) in [4.78, 5) is 68.7. The van der Waals surface area contributed by atoms with Crippen LogP contribution < -0.4 is 31.9 Å². The summed E-state index contributed by atoms with van der Waals surface area (Å²) in [6.07, 6.45) is 3.92. The van der Waals surface area contributed by atoms with Crippen LogP contribution in [0.5, 0.6) is 0 Å². The molecule has 6 amide bonds. The fourth-order valence-corrected chi connectivity index (χ4v) is 8.40. The van der Waals surface area contributed by atoms with E-state index in [0.29, 0.717) is 12.1 Å². The molecule has 0 aromatic heterocycles. The highest BCUT2D eigenvalue weighted by atomic mass is 16.5. The molecule has 7 aromatic carbocycles. The molecule has 15 heteroatoms. The first-order valence-corrected chi connectivity index (χ1v) is 24.2. The van der Waals surface area contributed by atoms with E-state index in [1.165, 1.54) is 55.3 Å². The summed E-state index contributed by atoms with van der Waals surface area (Å²) in [7, 11) is 0. The smallest absolute Gasteiger partial charge is 0.333 e. The summed E-state index contributed by atoms with van der Waals surface area (Å²) in [6, 6.07) is 46.1. The van der Waals surface area contributed by atoms with Gasteiger partial charge in [0, 0.05) is 35.6 Å². The number of amides is 6. The molecule has 0 spiro atoms. The summed E-state index contributed by atoms with van der Waals surface area (Å²) in [5.74, 6) is -1.47. The number of ether oxygens (including phenoxy) is 3. The normalized spacial score (nSPS) is 10.9. The topological polar surface area (TPSA) is 202 Å². The molecule has 2 aliphatic rings. The first-order chi connectivity index (χ1) is 36.4. The lowest BCUT2D eigenvalue weighted by molar-refractivity contribution is -0.139. The van der Waals surface area contributed by atoms with Gasteiger partial charge in [0.1, 0.15) is 19.8 Å². The lowest BCUT2D eigenvalue weighted by atomic mass is 10.00. The zero-order chi connectivity index (χ0) is 53.1. The number of carbonyl (C=O) groups is 6. The van der Waals surface area contributed by atoms with Gasteiger partial charge in [-0.2, -0.15) is 0 Å². The van der Waals surface area contributed by atoms with Gasteiger partial charge in [0.2, 0.25) is 0 Å². The molecule has 0 saturated carbocycles. The van der Waals surface area contributed by atoms with E-state index < -0.39 is 17.9 Å². The summed E-state index contributed by atoms with van der Waals surface area (Å²) in [6.45, 7) is 13.1. The third-order valence-corrected chi connectivity index (χ3v) is 11.9. The maximum atomic E-state index is 11.9. The number of esters is 3. The largest absolute Gasteiger partial charge is 0.461 e. The molecule has 75 heavy (non-hydrogen) atoms. The van der Waals surface area contributed by atoms with Crippen molar-refractivity contribution in [3.8, 4) is 22.3 Å². The van der Waals surface area contributed by atoms with Crippen molar-refractivity contribution in [3.05, 3.63) is 205 Å². The third kappa shape index (κ3) is 15.0. The zero-order valence-electron chi connectivity index (χ0n) is 41.6. The Bertz CT molecular complexity index is 3300. The van der Waals surface area contributed by atoms with Crippen molar-refractivity contribution in [2.45, 2.75) is 26.3 Å². The molecule has 7 aromatic rings. The molecule has 0 bridgehead atoms. The average molecular weight is 1010 g/mol. The summed E-state index contributed by atoms with van der Waals surface area (Å²) < 4.78 is 14.5. The van der Waals surface area contributed by atoms with E-state index in [0.717, 1.165) is 52.7 Å². The van der Waals surface area contributed by atoms with Gasteiger partial charge in [0.25, 0.3) is 0 Å². The van der Waals surface area contributed by atoms with E-state index in [9.17, 15) is 28.8 Å². The van der Waals surface area contributed by atoms with Gasteiger partial charge in [0.15, 0.2) is 0 Å². The van der Waals surface area contributed by atoms with Gasteiger partial charge >= 0.3 is 36.0 Å². The fraction of sp³-hybridized carbons (Fsp3) is 0.167. The van der Waals surface area contributed by atoms with Gasteiger partial charge in [-0.3, -0.25) is 0 Å². The Morgan fingerprint density at radius 2 is 0.933 bits per heavy atom. The van der Waals surface area contributed by atoms with Crippen LogP contribution in [0.25, 0.3) is 43.8 Å². The Labute approximate surface area is 435 Å². The molecule has 0 radical (unpaired) electrons. The second-order valence-corrected chi connectivity index (χ2v) is 17.3. The molecule has 0 unspecified atom stereocenters. The number of urea groups is 3. The average Bonchev–Trinajstić information content (AvgIpc) is 3.98. The second-order valence-electron chi connectivity index (χ2n) is 17.3. The van der Waals surface area contributed by atoms with Crippen molar-refractivity contribution >= 4 is 68.9 Å². The van der Waals surface area contributed by atoms with Gasteiger partial charge in [-0.15, -0.1) is 0 Å². The van der Waals surface area contributed by atoms with Crippen LogP contribution in [0.2, 0.25) is 0 Å². The predicted molar refractivity (Wildman–Crippen MR) is 293 cm³/mol. The van der Waals surface area contributed by atoms with Crippen LogP contribution in [0.15, 0.2) is 177 Å². The van der Waals surface area contributed by atoms with Crippen LogP contribution >= 0.6 is 0 Å². The van der Waals surface area contributed by atoms with Crippen molar-refractivity contribution in [1.29, 1.82) is 0 Å². The number of carbonyl (C=O) groups excluding carboxylic acids is 6. The molecule has 9 rings (SSSR count). The minimum atomic E-state index is -0.504. The Balaban J connectivity index is 0.000000164. The highest BCUT2D eigenvalue weighted by Gasteiger charge is 2.20. The van der Waals surface area contributed by atoms with Gasteiger partial charge < -0.3 is 46.1 Å². The fourth-order valence-electron chi connectivity index (χ4n) is 8.40. The number of anilines is 2. The zero-order valence-corrected chi connectivity index (χ0v) is 41.6. The van der Waals surface area contributed by atoms with E-state index >= 15 is 0 Å². The Morgan fingerprint density at radius 1 is 0.480 bits per heavy atom. The Morgan fingerprint density at radius 3 is 1.45 bits per heavy atom. The number of benzene rings is 7. The maximum absolute atomic E-state index is 11.9. The first kappa shape index (κ1) is 53.3. The minimum absolute atomic E-state index is 0.109. The van der Waals surface area contributed by atoms with Crippen molar-refractivity contribution in [1.82, 2.24) is 21.3 Å². The van der Waals surface area contributed by atoms with Crippen molar-refractivity contribution in [2.24, 2.45) is 0 Å². The van der Waals surface area contributed by atoms with Crippen LogP contribution in [0.1, 0.15) is 34.7 Å². The molecule has 0 fully saturated rings. The molecule has 0 atom stereocenters. The minimum Gasteiger partial charge on any atom is -0.461 e. The molecule has 15 nitrogen and oxygen atoms in total. The molecule has 2 aliphatic carbocycles. The van der Waals surface area contributed by atoms with Crippen molar-refractivity contribution in [3.63, 3.8) is 0 Å². The lowest BCUT2D eigenvalue weighted by Crippen LogP contribution is -2.37. The number of rotatable bonds is 16. The van der Waals surface area contributed by atoms with E-state index in [1.807, 2.05) is 84.9 Å². The molecular weight excluding hydrogens is 949 g/mol. The van der Waals surface area contributed by atoms with Crippen LogP contribution in [-0.4, -0.2) is 75.5 Å². The second kappa shape index (κ2) is 26.3. The van der Waals surface area contributed by atoms with E-state index in [2.05, 4.69) is 106 Å². The summed E-state index contributed by atoms with van der Waals surface area (Å²) in [5.41, 5.74) is 12.8. The van der Waals surface area contributed by atoms with Gasteiger partial charge in [-0.25, -0.2) is 28.8 Å². The molecule has 0 heterocycles. The van der Waals surface area contributed by atoms with Crippen molar-refractivity contribution in [2.75, 3.05) is 50.1 Å². The monoisotopic (exact) mass is 1010 g/mol. The number of hydrogen-bond acceptors (Lipinski definition) is 9. The summed E-state index contributed by atoms with van der Waals surface area (Å²) in [5, 5.41) is 21.0. The molecular formula is C60H58N6O9. The summed E-state index contributed by atoms with van der Waals surface area (Å²) >= 11 is 0. The van der Waals surface area contributed by atoms with E-state index in [-0.39, 0.29) is 57.5 Å². The standard InChI is InChI=1S/C21H20N2O3.C20H20N2O3.C19H18N2O3/c1-2-20(24)26-11-10-22-21(25)23-14-18-9-5-8-17-12-15-6-3-4-7-16(15)13-19(17)18;1-13(2)19(23)25-10-9-21-20(24)22-16-7-8-18-15(12-16)11-14-5-3-4-6-17(14)18;1-2-18(22)24-10-9-20-19(23)21-15-7-8-17-14(12-15)11-13-5-3-4-6-16(13)17/h2-9,12-13H,1,10-11,14H2,(H2,22,23,25);3-8,12H,1,9-11H2,2H3,(H2,21,22,24);2-8,12H,1,9-11H2,(H2,20,21,23). The molecule has 382 valence electrons. The third-order valence-electron chi connectivity index (χ3n) is 11.9. The van der Waals surface area contributed by atoms with E-state index in [4.69, 9.17) is 14.2 Å². The van der Waals surface area contributed by atoms with Gasteiger partial charge in [-0.1, -0.05) is 123 Å². The number of fused-ring (bicyclic) bond motifs is 8. The molecule has 0 aliphatic heterocycles. The predicted octanol–water partition coefficient (Wildman–Crippen LogP) is 10.1. The highest BCUT2D eigenvalue weighted by molar-refractivity contribution is 6.00.